The van der Waals surface area contributed by atoms with Gasteiger partial charge in [-0.3, -0.25) is 19.2 Å². The van der Waals surface area contributed by atoms with Gasteiger partial charge < -0.3 is 39.4 Å². The van der Waals surface area contributed by atoms with Gasteiger partial charge in [0.1, 0.15) is 0 Å². The van der Waals surface area contributed by atoms with E-state index < -0.39 is 82.6 Å². The Hall–Kier alpha value is -2.28. The van der Waals surface area contributed by atoms with Crippen LogP contribution in [0.3, 0.4) is 0 Å². The van der Waals surface area contributed by atoms with Gasteiger partial charge in [0.2, 0.25) is 0 Å². The van der Waals surface area contributed by atoms with Crippen molar-refractivity contribution in [1.29, 1.82) is 0 Å². The number of aliphatic hydroxyl groups excluding tert-OH is 4. The Balaban J connectivity index is -0.000000244. The second-order valence-corrected chi connectivity index (χ2v) is 4.33. The molecule has 0 aliphatic heterocycles. The Labute approximate surface area is 206 Å². The molecule has 12 heteroatoms. The Morgan fingerprint density at radius 2 is 0.969 bits per heavy atom. The quantitative estimate of drug-likeness (QED) is 0.210. The normalized spacial score (nSPS) is 20.0. The largest absolute Gasteiger partial charge is 0.469 e. The number of carbonyl (C=O) groups excluding carboxylic acids is 4. The maximum absolute atomic E-state index is 10.8. The van der Waals surface area contributed by atoms with E-state index in [1.54, 1.807) is 0 Å². The second kappa shape index (κ2) is 33.4. The fourth-order valence-electron chi connectivity index (χ4n) is 0.829. The highest BCUT2D eigenvalue weighted by atomic mass is 16.5. The zero-order valence-corrected chi connectivity index (χ0v) is 18.2. The first-order chi connectivity index (χ1) is 19.6. The van der Waals surface area contributed by atoms with Crippen molar-refractivity contribution in [3.63, 3.8) is 0 Å². The van der Waals surface area contributed by atoms with E-state index in [0.717, 1.165) is 21.3 Å². The number of carbonyl (C=O) groups is 4. The van der Waals surface area contributed by atoms with Crippen molar-refractivity contribution in [1.82, 2.24) is 0 Å². The van der Waals surface area contributed by atoms with Crippen molar-refractivity contribution in [2.75, 3.05) is 54.8 Å². The SMILES string of the molecule is [2H]C(O)C([2H])([2H])C([2H])([2H])C(=O)OC.[2H]C(O)C([2H])([2H])CC(=O)OC.[2H]C(O)CC([2H])([2H])C(=O)OC.[2H]C(O)CCC(=O)OC. The molecule has 0 saturated carbocycles. The molecule has 0 bridgehead atoms. The molecular formula is C20H40O12. The molecule has 0 heterocycles. The smallest absolute Gasteiger partial charge is 0.305 e. The van der Waals surface area contributed by atoms with E-state index in [2.05, 4.69) is 18.9 Å². The number of aliphatic hydroxyl groups is 4. The zero-order valence-electron chi connectivity index (χ0n) is 30.2. The predicted octanol–water partition coefficient (Wildman–Crippen LogP) is -0.272. The first-order valence-electron chi connectivity index (χ1n) is 14.7. The first-order valence-corrected chi connectivity index (χ1v) is 8.36. The number of rotatable bonds is 12. The lowest BCUT2D eigenvalue weighted by Gasteiger charge is -1.93. The third-order valence-corrected chi connectivity index (χ3v) is 2.22. The lowest BCUT2D eigenvalue weighted by Crippen LogP contribution is -2.00. The summed E-state index contributed by atoms with van der Waals surface area (Å²) >= 11 is 0. The average Bonchev–Trinajstić information content (AvgIpc) is 2.90. The summed E-state index contributed by atoms with van der Waals surface area (Å²) in [5, 5.41) is 33.9. The molecule has 12 nitrogen and oxygen atoms in total. The van der Waals surface area contributed by atoms with E-state index in [-0.39, 0.29) is 18.8 Å². The van der Waals surface area contributed by atoms with Crippen LogP contribution < -0.4 is 0 Å². The minimum absolute atomic E-state index is 0.112. The molecule has 32 heavy (non-hydrogen) atoms. The zero-order chi connectivity index (χ0) is 36.3. The molecule has 0 aliphatic rings. The van der Waals surface area contributed by atoms with Gasteiger partial charge in [0.25, 0.3) is 0 Å². The van der Waals surface area contributed by atoms with E-state index in [9.17, 15) is 19.2 Å². The van der Waals surface area contributed by atoms with Gasteiger partial charge in [0.05, 0.1) is 33.9 Å². The summed E-state index contributed by atoms with van der Waals surface area (Å²) in [6.07, 6.45) is -11.5. The molecule has 0 radical (unpaired) electrons. The van der Waals surface area contributed by atoms with Crippen LogP contribution in [-0.2, 0) is 38.1 Å². The Bertz CT molecular complexity index is 856. The van der Waals surface area contributed by atoms with Gasteiger partial charge in [0, 0.05) is 62.9 Å². The number of hydrogen-bond acceptors (Lipinski definition) is 12. The van der Waals surface area contributed by atoms with Gasteiger partial charge >= 0.3 is 23.9 Å². The Kier molecular flexibility index (Phi) is 18.0. The van der Waals surface area contributed by atoms with Gasteiger partial charge in [-0.2, -0.15) is 0 Å². The Morgan fingerprint density at radius 1 is 0.562 bits per heavy atom. The summed E-state index contributed by atoms with van der Waals surface area (Å²) in [5.41, 5.74) is 0. The van der Waals surface area contributed by atoms with Crippen molar-refractivity contribution in [3.8, 4) is 0 Å². The number of hydrogen-bond donors (Lipinski definition) is 4. The highest BCUT2D eigenvalue weighted by molar-refractivity contribution is 5.69. The number of methoxy groups -OCH3 is 4. The summed E-state index contributed by atoms with van der Waals surface area (Å²) in [7, 11) is 4.34. The fourth-order valence-corrected chi connectivity index (χ4v) is 0.829. The number of esters is 4. The summed E-state index contributed by atoms with van der Waals surface area (Å²) in [6.45, 7) is -7.02. The molecule has 0 saturated heterocycles. The molecule has 4 unspecified atom stereocenters. The van der Waals surface area contributed by atoms with Crippen LogP contribution in [0, 0.1) is 0 Å². The predicted molar refractivity (Wildman–Crippen MR) is 113 cm³/mol. The number of ether oxygens (including phenoxy) is 4. The molecule has 0 spiro atoms. The lowest BCUT2D eigenvalue weighted by molar-refractivity contribution is -0.141. The minimum atomic E-state index is -3.04. The van der Waals surface area contributed by atoms with Gasteiger partial charge in [-0.1, -0.05) is 0 Å². The summed E-state index contributed by atoms with van der Waals surface area (Å²) in [5.74, 6) is -3.68. The molecule has 0 aromatic heterocycles. The van der Waals surface area contributed by atoms with Crippen LogP contribution in [0.5, 0.6) is 0 Å². The molecule has 0 amide bonds. The molecule has 0 aromatic carbocycles. The van der Waals surface area contributed by atoms with E-state index >= 15 is 0 Å². The van der Waals surface area contributed by atoms with Gasteiger partial charge in [0.15, 0.2) is 0 Å². The highest BCUT2D eigenvalue weighted by Crippen LogP contribution is 1.89. The summed E-state index contributed by atoms with van der Waals surface area (Å²) in [6, 6.07) is 0. The van der Waals surface area contributed by atoms with Gasteiger partial charge in [-0.15, -0.1) is 0 Å². The molecular weight excluding hydrogens is 432 g/mol. The van der Waals surface area contributed by atoms with Crippen LogP contribution in [-0.4, -0.2) is 99.1 Å². The average molecular weight is 485 g/mol. The van der Waals surface area contributed by atoms with E-state index in [1.165, 1.54) is 7.11 Å². The van der Waals surface area contributed by atoms with Crippen molar-refractivity contribution >= 4 is 23.9 Å². The fraction of sp³-hybridized carbons (Fsp3) is 0.800. The third-order valence-electron chi connectivity index (χ3n) is 2.22. The molecule has 4 atom stereocenters. The van der Waals surface area contributed by atoms with Crippen LogP contribution >= 0.6 is 0 Å². The second-order valence-electron chi connectivity index (χ2n) is 4.33. The molecule has 4 N–H and O–H groups in total. The molecule has 192 valence electrons. The van der Waals surface area contributed by atoms with Crippen molar-refractivity contribution in [2.45, 2.75) is 51.2 Å². The standard InChI is InChI=1S/4C5H10O3/c4*1-8-5(7)3-2-4-6/h4*6H,2-4H2,1H3/i2D2,3D2,4D;3D2,4D;2D2,4D;4D. The first kappa shape index (κ1) is 17.2. The van der Waals surface area contributed by atoms with Crippen LogP contribution in [0.15, 0.2) is 0 Å². The van der Waals surface area contributed by atoms with Crippen LogP contribution in [0.25, 0.3) is 0 Å². The third kappa shape index (κ3) is 42.0. The van der Waals surface area contributed by atoms with Crippen molar-refractivity contribution in [2.24, 2.45) is 0 Å². The minimum Gasteiger partial charge on any atom is -0.469 e. The van der Waals surface area contributed by atoms with Crippen molar-refractivity contribution in [3.05, 3.63) is 0 Å². The monoisotopic (exact) mass is 484 g/mol. The summed E-state index contributed by atoms with van der Waals surface area (Å²) < 4.78 is 98.8. The molecule has 0 aromatic rings. The molecule has 0 aliphatic carbocycles. The van der Waals surface area contributed by atoms with E-state index in [1.807, 2.05) is 0 Å². The van der Waals surface area contributed by atoms with E-state index in [0.29, 0.717) is 0 Å². The molecule has 0 fully saturated rings. The van der Waals surface area contributed by atoms with Crippen LogP contribution in [0.4, 0.5) is 0 Å². The Morgan fingerprint density at radius 3 is 1.34 bits per heavy atom. The molecule has 0 rings (SSSR count). The lowest BCUT2D eigenvalue weighted by atomic mass is 10.3. The highest BCUT2D eigenvalue weighted by Gasteiger charge is 1.97. The van der Waals surface area contributed by atoms with Gasteiger partial charge in [-0.05, 0) is 25.6 Å². The maximum Gasteiger partial charge on any atom is 0.305 e. The van der Waals surface area contributed by atoms with Gasteiger partial charge in [-0.25, -0.2) is 0 Å². The van der Waals surface area contributed by atoms with E-state index in [4.69, 9.17) is 36.9 Å². The maximum atomic E-state index is 10.8. The van der Waals surface area contributed by atoms with Crippen molar-refractivity contribution < 1.29 is 75.0 Å². The summed E-state index contributed by atoms with van der Waals surface area (Å²) in [4.78, 5) is 42.1. The van der Waals surface area contributed by atoms with Crippen LogP contribution in [0.1, 0.15) is 67.6 Å². The van der Waals surface area contributed by atoms with Crippen LogP contribution in [0.2, 0.25) is 0 Å². The topological polar surface area (TPSA) is 186 Å².